The Hall–Kier alpha value is -1.69. The van der Waals surface area contributed by atoms with E-state index < -0.39 is 6.43 Å². The zero-order valence-corrected chi connectivity index (χ0v) is 18.9. The van der Waals surface area contributed by atoms with Gasteiger partial charge in [0.15, 0.2) is 5.96 Å². The molecule has 2 rings (SSSR count). The highest BCUT2D eigenvalue weighted by Gasteiger charge is 2.21. The first-order valence-corrected chi connectivity index (χ1v) is 9.61. The fourth-order valence-corrected chi connectivity index (χ4v) is 3.07. The Morgan fingerprint density at radius 2 is 1.97 bits per heavy atom. The number of likely N-dealkylation sites (tertiary alicyclic amines) is 1. The summed E-state index contributed by atoms with van der Waals surface area (Å²) in [5, 5.41) is 18.9. The van der Waals surface area contributed by atoms with E-state index in [9.17, 15) is 18.7 Å². The summed E-state index contributed by atoms with van der Waals surface area (Å²) in [5.74, 6) is 0.237. The van der Waals surface area contributed by atoms with Crippen LogP contribution in [-0.2, 0) is 0 Å². The predicted molar refractivity (Wildman–Crippen MR) is 120 cm³/mol. The number of guanidine groups is 1. The number of carbonyl (C=O) groups excluding carboxylic acids is 1. The highest BCUT2D eigenvalue weighted by atomic mass is 127. The van der Waals surface area contributed by atoms with Crippen LogP contribution in [0.15, 0.2) is 29.3 Å². The Labute approximate surface area is 187 Å². The first-order valence-electron chi connectivity index (χ1n) is 9.61. The maximum absolute atomic E-state index is 12.5. The molecule has 0 aromatic heterocycles. The fraction of sp³-hybridized carbons (Fsp3) is 0.579. The van der Waals surface area contributed by atoms with Gasteiger partial charge < -0.3 is 21.1 Å². The number of rotatable bonds is 8. The second kappa shape index (κ2) is 13.5. The van der Waals surface area contributed by atoms with Crippen LogP contribution in [0.4, 0.5) is 8.78 Å². The van der Waals surface area contributed by atoms with Gasteiger partial charge in [0.25, 0.3) is 12.3 Å². The van der Waals surface area contributed by atoms with Crippen molar-refractivity contribution >= 4 is 35.8 Å². The van der Waals surface area contributed by atoms with Gasteiger partial charge in [-0.25, -0.2) is 8.78 Å². The molecule has 164 valence electrons. The van der Waals surface area contributed by atoms with Gasteiger partial charge in [0.1, 0.15) is 5.75 Å². The number of aliphatic imine (C=N–C) groups is 1. The van der Waals surface area contributed by atoms with Crippen LogP contribution in [0.25, 0.3) is 0 Å². The second-order valence-corrected chi connectivity index (χ2v) is 6.64. The van der Waals surface area contributed by atoms with E-state index in [1.165, 1.54) is 6.07 Å². The van der Waals surface area contributed by atoms with Crippen LogP contribution >= 0.6 is 24.0 Å². The number of aromatic hydroxyl groups is 1. The van der Waals surface area contributed by atoms with Gasteiger partial charge in [-0.1, -0.05) is 12.1 Å². The average Bonchev–Trinajstić information content (AvgIpc) is 2.66. The van der Waals surface area contributed by atoms with Crippen LogP contribution in [0, 0.1) is 0 Å². The third-order valence-electron chi connectivity index (χ3n) is 4.48. The SMILES string of the molecule is CCNC(=NCCNC(=O)c1ccccc1O)NC1CCN(CC(F)F)CC1.I. The summed E-state index contributed by atoms with van der Waals surface area (Å²) in [4.78, 5) is 18.3. The van der Waals surface area contributed by atoms with Crippen LogP contribution < -0.4 is 16.0 Å². The van der Waals surface area contributed by atoms with Crippen molar-refractivity contribution in [3.63, 3.8) is 0 Å². The van der Waals surface area contributed by atoms with E-state index in [2.05, 4.69) is 20.9 Å². The molecule has 1 aromatic carbocycles. The highest BCUT2D eigenvalue weighted by molar-refractivity contribution is 14.0. The zero-order chi connectivity index (χ0) is 20.4. The molecule has 0 aliphatic carbocycles. The van der Waals surface area contributed by atoms with Crippen molar-refractivity contribution in [3.05, 3.63) is 29.8 Å². The minimum atomic E-state index is -2.30. The maximum atomic E-state index is 12.5. The number of benzene rings is 1. The van der Waals surface area contributed by atoms with Crippen LogP contribution in [0.5, 0.6) is 5.75 Å². The number of piperidine rings is 1. The van der Waals surface area contributed by atoms with E-state index >= 15 is 0 Å². The Kier molecular flexibility index (Phi) is 11.8. The molecule has 4 N–H and O–H groups in total. The van der Waals surface area contributed by atoms with Crippen molar-refractivity contribution in [2.45, 2.75) is 32.2 Å². The number of phenols is 1. The number of amides is 1. The quantitative estimate of drug-likeness (QED) is 0.181. The molecule has 7 nitrogen and oxygen atoms in total. The van der Waals surface area contributed by atoms with E-state index in [-0.39, 0.29) is 53.8 Å². The molecule has 1 amide bonds. The Balaban J connectivity index is 0.00000420. The number of carbonyl (C=O) groups is 1. The first kappa shape index (κ1) is 25.3. The summed E-state index contributed by atoms with van der Waals surface area (Å²) in [7, 11) is 0. The lowest BCUT2D eigenvalue weighted by Gasteiger charge is -2.32. The molecule has 1 aromatic rings. The number of nitrogens with zero attached hydrogens (tertiary/aromatic N) is 2. The molecule has 1 aliphatic rings. The van der Waals surface area contributed by atoms with Gasteiger partial charge in [-0.3, -0.25) is 14.7 Å². The lowest BCUT2D eigenvalue weighted by molar-refractivity contribution is 0.0744. The molecular formula is C19H30F2IN5O2. The normalized spacial score (nSPS) is 15.7. The number of nitrogens with one attached hydrogen (secondary N) is 3. The lowest BCUT2D eigenvalue weighted by atomic mass is 10.1. The van der Waals surface area contributed by atoms with Gasteiger partial charge in [-0.2, -0.15) is 0 Å². The van der Waals surface area contributed by atoms with Gasteiger partial charge in [0.05, 0.1) is 18.7 Å². The smallest absolute Gasteiger partial charge is 0.255 e. The Bertz CT molecular complexity index is 655. The number of phenolic OH excluding ortho intramolecular Hbond substituents is 1. The summed E-state index contributed by atoms with van der Waals surface area (Å²) in [6.07, 6.45) is -0.737. The number of hydrogen-bond donors (Lipinski definition) is 4. The Morgan fingerprint density at radius 1 is 1.28 bits per heavy atom. The van der Waals surface area contributed by atoms with Gasteiger partial charge in [-0.05, 0) is 31.9 Å². The van der Waals surface area contributed by atoms with E-state index in [0.29, 0.717) is 38.7 Å². The Morgan fingerprint density at radius 3 is 2.59 bits per heavy atom. The fourth-order valence-electron chi connectivity index (χ4n) is 3.07. The largest absolute Gasteiger partial charge is 0.507 e. The maximum Gasteiger partial charge on any atom is 0.255 e. The molecule has 1 saturated heterocycles. The van der Waals surface area contributed by atoms with Crippen molar-refractivity contribution in [2.75, 3.05) is 39.3 Å². The van der Waals surface area contributed by atoms with Crippen LogP contribution in [-0.4, -0.2) is 73.6 Å². The highest BCUT2D eigenvalue weighted by Crippen LogP contribution is 2.15. The number of para-hydroxylation sites is 1. The molecule has 10 heteroatoms. The lowest BCUT2D eigenvalue weighted by Crippen LogP contribution is -2.49. The first-order chi connectivity index (χ1) is 13.5. The van der Waals surface area contributed by atoms with Gasteiger partial charge in [0.2, 0.25) is 0 Å². The molecule has 29 heavy (non-hydrogen) atoms. The zero-order valence-electron chi connectivity index (χ0n) is 16.5. The molecule has 0 saturated carbocycles. The van der Waals surface area contributed by atoms with Crippen molar-refractivity contribution in [2.24, 2.45) is 4.99 Å². The molecule has 1 fully saturated rings. The van der Waals surface area contributed by atoms with Crippen molar-refractivity contribution < 1.29 is 18.7 Å². The molecular weight excluding hydrogens is 495 g/mol. The molecule has 1 aliphatic heterocycles. The summed E-state index contributed by atoms with van der Waals surface area (Å²) in [6.45, 7) is 4.46. The molecule has 0 radical (unpaired) electrons. The standard InChI is InChI=1S/C19H29F2N5O2.HI/c1-2-22-19(25-14-7-11-26(12-8-14)13-17(20)21)24-10-9-23-18(28)15-5-3-4-6-16(15)27;/h3-6,14,17,27H,2,7-13H2,1H3,(H,23,28)(H2,22,24,25);1H. The summed E-state index contributed by atoms with van der Waals surface area (Å²) in [6, 6.07) is 6.55. The minimum absolute atomic E-state index is 0. The van der Waals surface area contributed by atoms with E-state index in [0.717, 1.165) is 12.8 Å². The summed E-state index contributed by atoms with van der Waals surface area (Å²) in [5.41, 5.74) is 0.229. The topological polar surface area (TPSA) is 89.0 Å². The molecule has 0 unspecified atom stereocenters. The predicted octanol–water partition coefficient (Wildman–Crippen LogP) is 2.02. The molecule has 1 heterocycles. The van der Waals surface area contributed by atoms with Crippen molar-refractivity contribution in [1.82, 2.24) is 20.9 Å². The van der Waals surface area contributed by atoms with E-state index in [1.807, 2.05) is 6.92 Å². The van der Waals surface area contributed by atoms with E-state index in [4.69, 9.17) is 0 Å². The number of alkyl halides is 2. The van der Waals surface area contributed by atoms with Crippen molar-refractivity contribution in [1.29, 1.82) is 0 Å². The van der Waals surface area contributed by atoms with Gasteiger partial charge in [0, 0.05) is 32.2 Å². The van der Waals surface area contributed by atoms with E-state index in [1.54, 1.807) is 23.1 Å². The van der Waals surface area contributed by atoms with Crippen LogP contribution in [0.1, 0.15) is 30.1 Å². The van der Waals surface area contributed by atoms with Crippen molar-refractivity contribution in [3.8, 4) is 5.75 Å². The average molecular weight is 525 g/mol. The molecule has 0 bridgehead atoms. The monoisotopic (exact) mass is 525 g/mol. The number of halogens is 3. The van der Waals surface area contributed by atoms with Crippen LogP contribution in [0.2, 0.25) is 0 Å². The summed E-state index contributed by atoms with van der Waals surface area (Å²) >= 11 is 0. The minimum Gasteiger partial charge on any atom is -0.507 e. The molecule has 0 atom stereocenters. The van der Waals surface area contributed by atoms with Gasteiger partial charge >= 0.3 is 0 Å². The molecule has 0 spiro atoms. The third-order valence-corrected chi connectivity index (χ3v) is 4.48. The third kappa shape index (κ3) is 9.11. The summed E-state index contributed by atoms with van der Waals surface area (Å²) < 4.78 is 24.9. The number of hydrogen-bond acceptors (Lipinski definition) is 4. The van der Waals surface area contributed by atoms with Gasteiger partial charge in [-0.15, -0.1) is 24.0 Å². The van der Waals surface area contributed by atoms with Crippen LogP contribution in [0.3, 0.4) is 0 Å². The second-order valence-electron chi connectivity index (χ2n) is 6.64.